The van der Waals surface area contributed by atoms with Gasteiger partial charge in [0.15, 0.2) is 9.84 Å². The first-order valence-electron chi connectivity index (χ1n) is 6.96. The molecule has 118 valence electrons. The van der Waals surface area contributed by atoms with E-state index >= 15 is 0 Å². The number of rotatable bonds is 5. The van der Waals surface area contributed by atoms with Crippen molar-refractivity contribution in [2.24, 2.45) is 0 Å². The molecule has 0 atom stereocenters. The summed E-state index contributed by atoms with van der Waals surface area (Å²) in [6.07, 6.45) is 0. The van der Waals surface area contributed by atoms with E-state index in [2.05, 4.69) is 0 Å². The first-order chi connectivity index (χ1) is 11.0. The maximum atomic E-state index is 12.2. The third kappa shape index (κ3) is 3.96. The summed E-state index contributed by atoms with van der Waals surface area (Å²) in [4.78, 5) is 12.2. The number of nitriles is 1. The molecule has 6 heteroatoms. The van der Waals surface area contributed by atoms with Crippen LogP contribution in [0.4, 0.5) is 0 Å². The fourth-order valence-corrected chi connectivity index (χ4v) is 3.10. The van der Waals surface area contributed by atoms with E-state index in [1.807, 2.05) is 6.07 Å². The van der Waals surface area contributed by atoms with Gasteiger partial charge in [0.05, 0.1) is 27.8 Å². The molecule has 0 aliphatic heterocycles. The molecule has 0 bridgehead atoms. The van der Waals surface area contributed by atoms with Crippen LogP contribution < -0.4 is 0 Å². The molecule has 0 unspecified atom stereocenters. The maximum absolute atomic E-state index is 12.2. The maximum Gasteiger partial charge on any atom is 0.339 e. The summed E-state index contributed by atoms with van der Waals surface area (Å²) < 4.78 is 29.3. The topological polar surface area (TPSA) is 84.2 Å². The lowest BCUT2D eigenvalue weighted by Gasteiger charge is -2.09. The molecule has 0 saturated carbocycles. The number of carbonyl (C=O) groups is 1. The van der Waals surface area contributed by atoms with Gasteiger partial charge in [-0.3, -0.25) is 0 Å². The van der Waals surface area contributed by atoms with Gasteiger partial charge in [-0.2, -0.15) is 5.26 Å². The molecule has 0 aliphatic carbocycles. The van der Waals surface area contributed by atoms with Crippen LogP contribution in [0.25, 0.3) is 0 Å². The van der Waals surface area contributed by atoms with E-state index in [-0.39, 0.29) is 22.8 Å². The number of esters is 1. The minimum Gasteiger partial charge on any atom is -0.457 e. The molecule has 0 spiro atoms. The highest BCUT2D eigenvalue weighted by Crippen LogP contribution is 2.18. The lowest BCUT2D eigenvalue weighted by Crippen LogP contribution is -2.13. The van der Waals surface area contributed by atoms with Crippen LogP contribution in [0.5, 0.6) is 0 Å². The van der Waals surface area contributed by atoms with Crippen LogP contribution in [0, 0.1) is 11.3 Å². The van der Waals surface area contributed by atoms with Crippen molar-refractivity contribution in [1.82, 2.24) is 0 Å². The molecule has 0 aliphatic rings. The van der Waals surface area contributed by atoms with Crippen molar-refractivity contribution >= 4 is 15.8 Å². The number of hydrogen-bond acceptors (Lipinski definition) is 5. The monoisotopic (exact) mass is 329 g/mol. The summed E-state index contributed by atoms with van der Waals surface area (Å²) >= 11 is 0. The molecule has 0 heterocycles. The van der Waals surface area contributed by atoms with Gasteiger partial charge in [-0.15, -0.1) is 0 Å². The zero-order valence-corrected chi connectivity index (χ0v) is 13.3. The summed E-state index contributed by atoms with van der Waals surface area (Å²) in [6.45, 7) is 1.49. The minimum atomic E-state index is -3.51. The van der Waals surface area contributed by atoms with Crippen molar-refractivity contribution in [2.75, 3.05) is 5.75 Å². The summed E-state index contributed by atoms with van der Waals surface area (Å²) in [7, 11) is -3.51. The Morgan fingerprint density at radius 3 is 2.61 bits per heavy atom. The fraction of sp³-hybridized carbons (Fsp3) is 0.176. The van der Waals surface area contributed by atoms with Crippen molar-refractivity contribution in [3.8, 4) is 6.07 Å². The van der Waals surface area contributed by atoms with Crippen LogP contribution in [0.1, 0.15) is 28.4 Å². The number of nitrogens with zero attached hydrogens (tertiary/aromatic N) is 1. The van der Waals surface area contributed by atoms with E-state index < -0.39 is 15.8 Å². The van der Waals surface area contributed by atoms with Crippen LogP contribution in [0.15, 0.2) is 53.4 Å². The summed E-state index contributed by atoms with van der Waals surface area (Å²) in [5.74, 6) is -0.804. The molecule has 5 nitrogen and oxygen atoms in total. The highest BCUT2D eigenvalue weighted by Gasteiger charge is 2.21. The van der Waals surface area contributed by atoms with E-state index in [0.29, 0.717) is 11.1 Å². The van der Waals surface area contributed by atoms with Crippen LogP contribution in [-0.2, 0) is 21.2 Å². The Morgan fingerprint density at radius 2 is 1.91 bits per heavy atom. The summed E-state index contributed by atoms with van der Waals surface area (Å²) in [5, 5.41) is 8.85. The zero-order valence-electron chi connectivity index (χ0n) is 12.5. The van der Waals surface area contributed by atoms with Gasteiger partial charge in [0, 0.05) is 0 Å². The number of benzene rings is 2. The molecule has 0 N–H and O–H groups in total. The lowest BCUT2D eigenvalue weighted by molar-refractivity contribution is 0.0468. The highest BCUT2D eigenvalue weighted by atomic mass is 32.2. The predicted molar refractivity (Wildman–Crippen MR) is 84.4 cm³/mol. The Balaban J connectivity index is 2.21. The van der Waals surface area contributed by atoms with Gasteiger partial charge in [0.2, 0.25) is 0 Å². The third-order valence-corrected chi connectivity index (χ3v) is 5.03. The molecular formula is C17H15NO4S. The molecule has 2 aromatic carbocycles. The van der Waals surface area contributed by atoms with Crippen LogP contribution >= 0.6 is 0 Å². The Kier molecular flexibility index (Phi) is 5.14. The minimum absolute atomic E-state index is 0.0192. The van der Waals surface area contributed by atoms with Gasteiger partial charge in [0.1, 0.15) is 6.61 Å². The summed E-state index contributed by atoms with van der Waals surface area (Å²) in [6, 6.07) is 14.7. The molecule has 0 fully saturated rings. The van der Waals surface area contributed by atoms with Crippen molar-refractivity contribution in [3.63, 3.8) is 0 Å². The normalized spacial score (nSPS) is 10.8. The number of hydrogen-bond donors (Lipinski definition) is 0. The van der Waals surface area contributed by atoms with Crippen molar-refractivity contribution < 1.29 is 17.9 Å². The van der Waals surface area contributed by atoms with Crippen LogP contribution in [0.2, 0.25) is 0 Å². The van der Waals surface area contributed by atoms with Gasteiger partial charge < -0.3 is 4.74 Å². The van der Waals surface area contributed by atoms with Crippen molar-refractivity contribution in [3.05, 3.63) is 65.2 Å². The van der Waals surface area contributed by atoms with Gasteiger partial charge >= 0.3 is 5.97 Å². The smallest absolute Gasteiger partial charge is 0.339 e. The first kappa shape index (κ1) is 16.7. The predicted octanol–water partition coefficient (Wildman–Crippen LogP) is 2.71. The number of sulfone groups is 1. The standard InChI is InChI=1S/C17H15NO4S/c1-2-23(20,21)16-9-4-3-8-15(16)17(19)22-12-14-7-5-6-13(10-14)11-18/h3-10H,2,12H2,1H3. The largest absolute Gasteiger partial charge is 0.457 e. The highest BCUT2D eigenvalue weighted by molar-refractivity contribution is 7.91. The summed E-state index contributed by atoms with van der Waals surface area (Å²) in [5.41, 5.74) is 1.14. The molecule has 2 rings (SSSR count). The van der Waals surface area contributed by atoms with E-state index in [9.17, 15) is 13.2 Å². The molecule has 2 aromatic rings. The molecule has 23 heavy (non-hydrogen) atoms. The van der Waals surface area contributed by atoms with Crippen LogP contribution in [0.3, 0.4) is 0 Å². The lowest BCUT2D eigenvalue weighted by atomic mass is 10.1. The Hall–Kier alpha value is -2.65. The van der Waals surface area contributed by atoms with E-state index in [1.165, 1.54) is 19.1 Å². The second kappa shape index (κ2) is 7.07. The van der Waals surface area contributed by atoms with Gasteiger partial charge in [-0.25, -0.2) is 13.2 Å². The first-order valence-corrected chi connectivity index (χ1v) is 8.61. The quantitative estimate of drug-likeness (QED) is 0.787. The van der Waals surface area contributed by atoms with Crippen molar-refractivity contribution in [1.29, 1.82) is 5.26 Å². The third-order valence-electron chi connectivity index (χ3n) is 3.25. The molecule has 0 saturated heterocycles. The average Bonchev–Trinajstić information content (AvgIpc) is 2.59. The second-order valence-corrected chi connectivity index (χ2v) is 7.03. The zero-order chi connectivity index (χ0) is 16.9. The average molecular weight is 329 g/mol. The number of carbonyl (C=O) groups excluding carboxylic acids is 1. The van der Waals surface area contributed by atoms with Gasteiger partial charge in [-0.1, -0.05) is 31.2 Å². The Labute approximate surface area is 135 Å². The van der Waals surface area contributed by atoms with E-state index in [1.54, 1.807) is 36.4 Å². The van der Waals surface area contributed by atoms with E-state index in [0.717, 1.165) is 0 Å². The Bertz CT molecular complexity index is 866. The van der Waals surface area contributed by atoms with Gasteiger partial charge in [-0.05, 0) is 29.8 Å². The van der Waals surface area contributed by atoms with Crippen molar-refractivity contribution in [2.45, 2.75) is 18.4 Å². The van der Waals surface area contributed by atoms with Crippen LogP contribution in [-0.4, -0.2) is 20.1 Å². The molecule has 0 radical (unpaired) electrons. The molecular weight excluding hydrogens is 314 g/mol. The molecule has 0 amide bonds. The number of ether oxygens (including phenoxy) is 1. The Morgan fingerprint density at radius 1 is 1.17 bits per heavy atom. The second-order valence-electron chi connectivity index (χ2n) is 4.79. The molecule has 0 aromatic heterocycles. The fourth-order valence-electron chi connectivity index (χ4n) is 2.02. The van der Waals surface area contributed by atoms with Gasteiger partial charge in [0.25, 0.3) is 0 Å². The van der Waals surface area contributed by atoms with E-state index in [4.69, 9.17) is 10.00 Å². The SMILES string of the molecule is CCS(=O)(=O)c1ccccc1C(=O)OCc1cccc(C#N)c1.